The summed E-state index contributed by atoms with van der Waals surface area (Å²) in [5, 5.41) is 9.62. The number of likely N-dealkylation sites (tertiary alicyclic amines) is 1. The highest BCUT2D eigenvalue weighted by Crippen LogP contribution is 2.46. The molecule has 152 valence electrons. The predicted molar refractivity (Wildman–Crippen MR) is 107 cm³/mol. The molecule has 27 heavy (non-hydrogen) atoms. The summed E-state index contributed by atoms with van der Waals surface area (Å²) < 4.78 is 11.3. The first-order valence-corrected chi connectivity index (χ1v) is 10.1. The summed E-state index contributed by atoms with van der Waals surface area (Å²) in [5.41, 5.74) is 0.827. The maximum absolute atomic E-state index is 12.2. The molecule has 0 amide bonds. The number of phenols is 1. The van der Waals surface area contributed by atoms with Crippen LogP contribution in [0.3, 0.4) is 0 Å². The number of benzene rings is 1. The van der Waals surface area contributed by atoms with Gasteiger partial charge in [-0.15, -0.1) is 0 Å². The van der Waals surface area contributed by atoms with Crippen LogP contribution >= 0.6 is 0 Å². The van der Waals surface area contributed by atoms with Gasteiger partial charge in [-0.2, -0.15) is 0 Å². The van der Waals surface area contributed by atoms with Gasteiger partial charge in [0.15, 0.2) is 0 Å². The normalized spacial score (nSPS) is 19.5. The first kappa shape index (κ1) is 21.5. The summed E-state index contributed by atoms with van der Waals surface area (Å²) in [5.74, 6) is 0.810. The lowest BCUT2D eigenvalue weighted by molar-refractivity contribution is -0.160. The van der Waals surface area contributed by atoms with Crippen molar-refractivity contribution in [3.63, 3.8) is 0 Å². The van der Waals surface area contributed by atoms with Gasteiger partial charge >= 0.3 is 5.97 Å². The zero-order valence-electron chi connectivity index (χ0n) is 17.7. The average Bonchev–Trinajstić information content (AvgIpc) is 2.95. The molecule has 1 unspecified atom stereocenters. The van der Waals surface area contributed by atoms with Gasteiger partial charge in [0.2, 0.25) is 0 Å². The van der Waals surface area contributed by atoms with Crippen LogP contribution in [0.25, 0.3) is 0 Å². The largest absolute Gasteiger partial charge is 0.508 e. The third-order valence-corrected chi connectivity index (χ3v) is 5.19. The van der Waals surface area contributed by atoms with E-state index in [1.54, 1.807) is 12.1 Å². The van der Waals surface area contributed by atoms with Gasteiger partial charge in [-0.1, -0.05) is 26.8 Å². The van der Waals surface area contributed by atoms with Crippen LogP contribution in [0.1, 0.15) is 59.9 Å². The van der Waals surface area contributed by atoms with Crippen LogP contribution in [0.2, 0.25) is 0 Å². The molecule has 1 fully saturated rings. The molecule has 0 aromatic heterocycles. The fourth-order valence-corrected chi connectivity index (χ4v) is 3.80. The summed E-state index contributed by atoms with van der Waals surface area (Å²) >= 11 is 0. The molecule has 0 saturated carbocycles. The molecule has 5 heteroatoms. The second kappa shape index (κ2) is 8.51. The van der Waals surface area contributed by atoms with E-state index in [0.717, 1.165) is 38.2 Å². The van der Waals surface area contributed by atoms with Crippen molar-refractivity contribution in [3.05, 3.63) is 23.8 Å². The van der Waals surface area contributed by atoms with Crippen LogP contribution in [0.4, 0.5) is 0 Å². The van der Waals surface area contributed by atoms with Crippen LogP contribution in [0.5, 0.6) is 11.5 Å². The number of hydrogen-bond acceptors (Lipinski definition) is 5. The van der Waals surface area contributed by atoms with Crippen molar-refractivity contribution in [1.29, 1.82) is 0 Å². The molecule has 1 atom stereocenters. The van der Waals surface area contributed by atoms with E-state index in [4.69, 9.17) is 9.47 Å². The number of phenolic OH excluding ortho intramolecular Hbond substituents is 1. The fraction of sp³-hybridized carbons (Fsp3) is 0.682. The lowest BCUT2D eigenvalue weighted by Crippen LogP contribution is -2.46. The molecule has 2 heterocycles. The van der Waals surface area contributed by atoms with E-state index in [9.17, 15) is 9.90 Å². The number of fused-ring (bicyclic) bond motifs is 2. The van der Waals surface area contributed by atoms with Crippen LogP contribution in [-0.2, 0) is 14.9 Å². The van der Waals surface area contributed by atoms with Gasteiger partial charge in [0, 0.05) is 23.6 Å². The maximum Gasteiger partial charge on any atom is 0.310 e. The quantitative estimate of drug-likeness (QED) is 0.803. The minimum absolute atomic E-state index is 0.0503. The van der Waals surface area contributed by atoms with E-state index < -0.39 is 5.60 Å². The second-order valence-electron chi connectivity index (χ2n) is 8.48. The van der Waals surface area contributed by atoms with Crippen molar-refractivity contribution < 1.29 is 19.4 Å². The second-order valence-corrected chi connectivity index (χ2v) is 8.48. The van der Waals surface area contributed by atoms with Crippen molar-refractivity contribution >= 4 is 5.97 Å². The molecule has 2 aliphatic heterocycles. The van der Waals surface area contributed by atoms with Crippen LogP contribution in [0.15, 0.2) is 18.2 Å². The Balaban J connectivity index is 0.00000126. The number of rotatable bonds is 3. The summed E-state index contributed by atoms with van der Waals surface area (Å²) in [6.07, 6.45) is 2.01. The number of ether oxygens (including phenoxy) is 2. The number of hydrogen-bond donors (Lipinski definition) is 1. The smallest absolute Gasteiger partial charge is 0.310 e. The highest BCUT2D eigenvalue weighted by molar-refractivity contribution is 5.72. The minimum atomic E-state index is -0.437. The standard InChI is InChI=1S/C20H29NO4.C2H6/c1-14(18(23)25-19(2,3)4)12-21-9-7-20(8-10-21)13-24-17-11-15(22)5-6-16(17)20;1-2/h5-6,11,14,22H,7-10,12-13H2,1-4H3;1-2H3. The third-order valence-electron chi connectivity index (χ3n) is 5.19. The lowest BCUT2D eigenvalue weighted by atomic mass is 9.74. The molecular weight excluding hydrogens is 342 g/mol. The molecule has 2 aliphatic rings. The van der Waals surface area contributed by atoms with Crippen LogP contribution in [0, 0.1) is 5.92 Å². The van der Waals surface area contributed by atoms with Gasteiger partial charge in [-0.05, 0) is 52.8 Å². The minimum Gasteiger partial charge on any atom is -0.508 e. The number of aromatic hydroxyl groups is 1. The lowest BCUT2D eigenvalue weighted by Gasteiger charge is -2.39. The van der Waals surface area contributed by atoms with Crippen molar-refractivity contribution in [2.45, 2.75) is 65.4 Å². The van der Waals surface area contributed by atoms with E-state index in [-0.39, 0.29) is 23.1 Å². The first-order valence-electron chi connectivity index (χ1n) is 10.1. The monoisotopic (exact) mass is 377 g/mol. The predicted octanol–water partition coefficient (Wildman–Crippen LogP) is 4.12. The Morgan fingerprint density at radius 2 is 1.93 bits per heavy atom. The molecular formula is C22H35NO4. The Bertz CT molecular complexity index is 642. The molecule has 0 radical (unpaired) electrons. The van der Waals surface area contributed by atoms with E-state index in [1.165, 1.54) is 5.56 Å². The maximum atomic E-state index is 12.2. The molecule has 0 bridgehead atoms. The Labute approximate surface area is 163 Å². The fourth-order valence-electron chi connectivity index (χ4n) is 3.80. The van der Waals surface area contributed by atoms with Crippen LogP contribution < -0.4 is 4.74 Å². The first-order chi connectivity index (χ1) is 12.7. The van der Waals surface area contributed by atoms with E-state index in [0.29, 0.717) is 6.61 Å². The van der Waals surface area contributed by atoms with Gasteiger partial charge in [-0.3, -0.25) is 4.79 Å². The third kappa shape index (κ3) is 5.16. The Morgan fingerprint density at radius 1 is 1.30 bits per heavy atom. The van der Waals surface area contributed by atoms with Crippen molar-refractivity contribution in [3.8, 4) is 11.5 Å². The van der Waals surface area contributed by atoms with Crippen molar-refractivity contribution in [1.82, 2.24) is 4.90 Å². The van der Waals surface area contributed by atoms with Gasteiger partial charge in [0.25, 0.3) is 0 Å². The van der Waals surface area contributed by atoms with Gasteiger partial charge in [-0.25, -0.2) is 0 Å². The number of esters is 1. The molecule has 1 aromatic carbocycles. The molecule has 3 rings (SSSR count). The van der Waals surface area contributed by atoms with Gasteiger partial charge in [0.05, 0.1) is 12.5 Å². The van der Waals surface area contributed by atoms with Crippen molar-refractivity contribution in [2.75, 3.05) is 26.2 Å². The zero-order valence-corrected chi connectivity index (χ0v) is 17.7. The average molecular weight is 378 g/mol. The molecule has 1 N–H and O–H groups in total. The SMILES string of the molecule is CC.CC(CN1CCC2(CC1)COc1cc(O)ccc12)C(=O)OC(C)(C)C. The van der Waals surface area contributed by atoms with E-state index >= 15 is 0 Å². The molecule has 1 spiro atoms. The number of carbonyl (C=O) groups excluding carboxylic acids is 1. The van der Waals surface area contributed by atoms with Gasteiger partial charge in [0.1, 0.15) is 17.1 Å². The topological polar surface area (TPSA) is 59.0 Å². The molecule has 1 aromatic rings. The van der Waals surface area contributed by atoms with Crippen molar-refractivity contribution in [2.24, 2.45) is 5.92 Å². The summed E-state index contributed by atoms with van der Waals surface area (Å²) in [6, 6.07) is 5.45. The summed E-state index contributed by atoms with van der Waals surface area (Å²) in [6.45, 7) is 14.9. The zero-order chi connectivity index (χ0) is 20.2. The van der Waals surface area contributed by atoms with Crippen LogP contribution in [-0.4, -0.2) is 47.8 Å². The highest BCUT2D eigenvalue weighted by atomic mass is 16.6. The highest BCUT2D eigenvalue weighted by Gasteiger charge is 2.43. The summed E-state index contributed by atoms with van der Waals surface area (Å²) in [4.78, 5) is 14.5. The molecule has 0 aliphatic carbocycles. The molecule has 1 saturated heterocycles. The van der Waals surface area contributed by atoms with Gasteiger partial charge < -0.3 is 19.5 Å². The Hall–Kier alpha value is -1.75. The summed E-state index contributed by atoms with van der Waals surface area (Å²) in [7, 11) is 0. The number of carbonyl (C=O) groups is 1. The molecule has 5 nitrogen and oxygen atoms in total. The van der Waals surface area contributed by atoms with E-state index in [1.807, 2.05) is 47.6 Å². The Morgan fingerprint density at radius 3 is 2.52 bits per heavy atom. The Kier molecular flexibility index (Phi) is 6.79. The number of nitrogens with zero attached hydrogens (tertiary/aromatic N) is 1. The number of piperidine rings is 1. The van der Waals surface area contributed by atoms with E-state index in [2.05, 4.69) is 4.90 Å².